The molecule has 1 heterocycles. The molecule has 0 saturated heterocycles. The molecular weight excluding hydrogens is 314 g/mol. The van der Waals surface area contributed by atoms with Crippen molar-refractivity contribution >= 4 is 29.3 Å². The summed E-state index contributed by atoms with van der Waals surface area (Å²) in [6.07, 6.45) is 4.89. The van der Waals surface area contributed by atoms with Crippen LogP contribution < -0.4 is 10.1 Å². The molecule has 0 radical (unpaired) electrons. The van der Waals surface area contributed by atoms with Gasteiger partial charge in [0, 0.05) is 30.7 Å². The van der Waals surface area contributed by atoms with Crippen LogP contribution in [-0.2, 0) is 11.8 Å². The quantitative estimate of drug-likeness (QED) is 0.846. The summed E-state index contributed by atoms with van der Waals surface area (Å²) in [7, 11) is 1.86. The minimum absolute atomic E-state index is 0.00971. The second-order valence-electron chi connectivity index (χ2n) is 4.39. The lowest BCUT2D eigenvalue weighted by atomic mass is 10.3. The van der Waals surface area contributed by atoms with E-state index in [2.05, 4.69) is 10.1 Å². The molecule has 2 aromatic rings. The first-order valence-corrected chi connectivity index (χ1v) is 6.68. The van der Waals surface area contributed by atoms with Crippen LogP contribution >= 0.6 is 11.6 Å². The number of aryl methyl sites for hydroxylation is 1. The van der Waals surface area contributed by atoms with Crippen LogP contribution in [0.25, 0.3) is 6.08 Å². The first-order chi connectivity index (χ1) is 10.5. The van der Waals surface area contributed by atoms with Crippen LogP contribution in [0.5, 0.6) is 5.75 Å². The third-order valence-electron chi connectivity index (χ3n) is 2.80. The molecule has 7 heteroatoms. The van der Waals surface area contributed by atoms with Gasteiger partial charge in [-0.05, 0) is 36.4 Å². The van der Waals surface area contributed by atoms with Crippen molar-refractivity contribution in [3.63, 3.8) is 0 Å². The normalized spacial score (nSPS) is 11.1. The third kappa shape index (κ3) is 4.33. The van der Waals surface area contributed by atoms with Crippen molar-refractivity contribution in [3.05, 3.63) is 53.3 Å². The molecule has 0 unspecified atom stereocenters. The van der Waals surface area contributed by atoms with Gasteiger partial charge in [0.15, 0.2) is 0 Å². The first kappa shape index (κ1) is 16.0. The molecule has 4 nitrogen and oxygen atoms in total. The number of benzene rings is 1. The van der Waals surface area contributed by atoms with Crippen LogP contribution in [0.1, 0.15) is 5.69 Å². The van der Waals surface area contributed by atoms with Gasteiger partial charge in [-0.2, -0.15) is 8.78 Å². The van der Waals surface area contributed by atoms with Crippen LogP contribution in [0.2, 0.25) is 5.02 Å². The fraction of sp³-hybridized carbons (Fsp3) is 0.133. The highest BCUT2D eigenvalue weighted by atomic mass is 35.5. The average Bonchev–Trinajstić information content (AvgIpc) is 2.85. The summed E-state index contributed by atoms with van der Waals surface area (Å²) < 4.78 is 30.3. The van der Waals surface area contributed by atoms with E-state index >= 15 is 0 Å². The maximum Gasteiger partial charge on any atom is 0.387 e. The fourth-order valence-corrected chi connectivity index (χ4v) is 1.99. The molecule has 0 spiro atoms. The molecule has 0 atom stereocenters. The molecule has 1 amide bonds. The van der Waals surface area contributed by atoms with Crippen molar-refractivity contribution in [3.8, 4) is 5.75 Å². The molecule has 0 bridgehead atoms. The molecule has 1 aromatic carbocycles. The molecular formula is C15H13ClF2N2O2. The second kappa shape index (κ2) is 7.09. The van der Waals surface area contributed by atoms with E-state index in [-0.39, 0.29) is 16.7 Å². The number of nitrogens with one attached hydrogen (secondary N) is 1. The van der Waals surface area contributed by atoms with Crippen LogP contribution in [0.4, 0.5) is 14.5 Å². The summed E-state index contributed by atoms with van der Waals surface area (Å²) in [6, 6.07) is 7.76. The lowest BCUT2D eigenvalue weighted by molar-refractivity contribution is -0.111. The molecule has 0 fully saturated rings. The van der Waals surface area contributed by atoms with Gasteiger partial charge in [0.25, 0.3) is 0 Å². The van der Waals surface area contributed by atoms with Crippen LogP contribution in [0, 0.1) is 0 Å². The van der Waals surface area contributed by atoms with Gasteiger partial charge in [0.1, 0.15) is 5.75 Å². The topological polar surface area (TPSA) is 43.3 Å². The minimum atomic E-state index is -2.95. The number of nitrogens with zero attached hydrogens (tertiary/aromatic N) is 1. The number of carbonyl (C=O) groups is 1. The van der Waals surface area contributed by atoms with E-state index in [4.69, 9.17) is 11.6 Å². The highest BCUT2D eigenvalue weighted by molar-refractivity contribution is 6.32. The Labute approximate surface area is 131 Å². The minimum Gasteiger partial charge on any atom is -0.433 e. The lowest BCUT2D eigenvalue weighted by Gasteiger charge is -2.08. The average molecular weight is 327 g/mol. The highest BCUT2D eigenvalue weighted by Gasteiger charge is 2.09. The van der Waals surface area contributed by atoms with Crippen molar-refractivity contribution in [1.29, 1.82) is 0 Å². The van der Waals surface area contributed by atoms with Gasteiger partial charge in [-0.25, -0.2) is 0 Å². The monoisotopic (exact) mass is 326 g/mol. The van der Waals surface area contributed by atoms with E-state index in [1.54, 1.807) is 6.08 Å². The van der Waals surface area contributed by atoms with Gasteiger partial charge in [0.2, 0.25) is 5.91 Å². The van der Waals surface area contributed by atoms with E-state index in [0.717, 1.165) is 5.69 Å². The maximum absolute atomic E-state index is 12.1. The van der Waals surface area contributed by atoms with Gasteiger partial charge in [-0.1, -0.05) is 11.6 Å². The number of hydrogen-bond acceptors (Lipinski definition) is 2. The number of halogens is 3. The molecule has 22 heavy (non-hydrogen) atoms. The van der Waals surface area contributed by atoms with Gasteiger partial charge in [-0.3, -0.25) is 4.79 Å². The predicted octanol–water partition coefficient (Wildman–Crippen LogP) is 3.93. The summed E-state index contributed by atoms with van der Waals surface area (Å²) in [6.45, 7) is -2.95. The Morgan fingerprint density at radius 1 is 1.41 bits per heavy atom. The van der Waals surface area contributed by atoms with E-state index in [1.165, 1.54) is 24.3 Å². The highest BCUT2D eigenvalue weighted by Crippen LogP contribution is 2.28. The number of amides is 1. The zero-order chi connectivity index (χ0) is 16.1. The molecule has 0 saturated carbocycles. The molecule has 0 aliphatic carbocycles. The number of carbonyl (C=O) groups excluding carboxylic acids is 1. The molecule has 1 N–H and O–H groups in total. The third-order valence-corrected chi connectivity index (χ3v) is 3.10. The Morgan fingerprint density at radius 2 is 2.18 bits per heavy atom. The molecule has 2 rings (SSSR count). The number of hydrogen-bond donors (Lipinski definition) is 1. The standard InChI is InChI=1S/C15H13ClF2N2O2/c1-20-8-2-3-11(20)5-7-14(21)19-10-4-6-13(12(16)9-10)22-15(17)18/h2-9,15H,1H3,(H,19,21)/b7-5+. The van der Waals surface area contributed by atoms with Crippen molar-refractivity contribution in [2.24, 2.45) is 7.05 Å². The summed E-state index contributed by atoms with van der Waals surface area (Å²) in [4.78, 5) is 11.8. The van der Waals surface area contributed by atoms with E-state index in [9.17, 15) is 13.6 Å². The van der Waals surface area contributed by atoms with Gasteiger partial charge in [-0.15, -0.1) is 0 Å². The largest absolute Gasteiger partial charge is 0.433 e. The lowest BCUT2D eigenvalue weighted by Crippen LogP contribution is -2.08. The number of anilines is 1. The van der Waals surface area contributed by atoms with Crippen LogP contribution in [0.15, 0.2) is 42.6 Å². The number of aromatic nitrogens is 1. The number of rotatable bonds is 5. The second-order valence-corrected chi connectivity index (χ2v) is 4.80. The van der Waals surface area contributed by atoms with E-state index in [1.807, 2.05) is 29.9 Å². The Morgan fingerprint density at radius 3 is 2.77 bits per heavy atom. The smallest absolute Gasteiger partial charge is 0.387 e. The number of ether oxygens (including phenoxy) is 1. The van der Waals surface area contributed by atoms with Crippen LogP contribution in [-0.4, -0.2) is 17.1 Å². The predicted molar refractivity (Wildman–Crippen MR) is 81.2 cm³/mol. The summed E-state index contributed by atoms with van der Waals surface area (Å²) in [5.41, 5.74) is 1.25. The first-order valence-electron chi connectivity index (χ1n) is 6.30. The van der Waals surface area contributed by atoms with Gasteiger partial charge in [0.05, 0.1) is 5.02 Å². The molecule has 116 valence electrons. The Hall–Kier alpha value is -2.34. The van der Waals surface area contributed by atoms with Crippen molar-refractivity contribution in [2.75, 3.05) is 5.32 Å². The van der Waals surface area contributed by atoms with Gasteiger partial charge < -0.3 is 14.6 Å². The fourth-order valence-electron chi connectivity index (χ4n) is 1.76. The number of alkyl halides is 2. The maximum atomic E-state index is 12.1. The molecule has 1 aromatic heterocycles. The molecule has 0 aliphatic rings. The van der Waals surface area contributed by atoms with E-state index in [0.29, 0.717) is 5.69 Å². The molecule has 0 aliphatic heterocycles. The Kier molecular flexibility index (Phi) is 5.16. The summed E-state index contributed by atoms with van der Waals surface area (Å²) in [5.74, 6) is -0.506. The van der Waals surface area contributed by atoms with Crippen molar-refractivity contribution in [2.45, 2.75) is 6.61 Å². The zero-order valence-corrected chi connectivity index (χ0v) is 12.3. The summed E-state index contributed by atoms with van der Waals surface area (Å²) in [5, 5.41) is 2.57. The Balaban J connectivity index is 2.01. The van der Waals surface area contributed by atoms with Crippen LogP contribution in [0.3, 0.4) is 0 Å². The van der Waals surface area contributed by atoms with Gasteiger partial charge >= 0.3 is 6.61 Å². The van der Waals surface area contributed by atoms with E-state index < -0.39 is 6.61 Å². The van der Waals surface area contributed by atoms with Crippen molar-refractivity contribution < 1.29 is 18.3 Å². The zero-order valence-electron chi connectivity index (χ0n) is 11.6. The SMILES string of the molecule is Cn1cccc1/C=C/C(=O)Nc1ccc(OC(F)F)c(Cl)c1. The summed E-state index contributed by atoms with van der Waals surface area (Å²) >= 11 is 5.81. The Bertz CT molecular complexity index is 699. The van der Waals surface area contributed by atoms with Crippen molar-refractivity contribution in [1.82, 2.24) is 4.57 Å².